The van der Waals surface area contributed by atoms with Gasteiger partial charge in [-0.25, -0.2) is 4.39 Å². The van der Waals surface area contributed by atoms with Crippen molar-refractivity contribution >= 4 is 29.1 Å². The molecule has 3 N–H and O–H groups in total. The summed E-state index contributed by atoms with van der Waals surface area (Å²) in [4.78, 5) is 25.2. The number of aromatic nitrogens is 3. The maximum absolute atomic E-state index is 13.8. The molecular weight excluding hydrogens is 454 g/mol. The molecule has 1 aliphatic heterocycles. The second kappa shape index (κ2) is 7.90. The molecule has 0 radical (unpaired) electrons. The average Bonchev–Trinajstić information content (AvgIpc) is 3.34. The van der Waals surface area contributed by atoms with Crippen LogP contribution in [-0.2, 0) is 0 Å². The van der Waals surface area contributed by atoms with E-state index >= 15 is 0 Å². The number of carbonyl (C=O) groups excluding carboxylic acids is 2. The van der Waals surface area contributed by atoms with Crippen LogP contribution in [-0.4, -0.2) is 33.4 Å². The highest BCUT2D eigenvalue weighted by Gasteiger charge is 2.41. The number of halogens is 5. The van der Waals surface area contributed by atoms with Crippen molar-refractivity contribution in [3.8, 4) is 0 Å². The predicted octanol–water partition coefficient (Wildman–Crippen LogP) is 4.35. The summed E-state index contributed by atoms with van der Waals surface area (Å²) in [7, 11) is 0. The molecule has 2 aromatic carbocycles. The Morgan fingerprint density at radius 2 is 1.97 bits per heavy atom. The lowest BCUT2D eigenvalue weighted by Crippen LogP contribution is -2.23. The van der Waals surface area contributed by atoms with E-state index in [1.807, 2.05) is 5.21 Å². The molecule has 0 saturated heterocycles. The standard InChI is InChI=1S/C20H14ClF4N5O2/c1-8(20(23,24)25)15-17(29-30-28-15)19(32)26-13-4-2-3-10-14(13)16(27-18(10)31)11-7-9(22)5-6-12(11)21/h2-8,16H,1H3,(H,26,32)(H,27,31)(H,28,29,30)/t8-,16-/m1/s1. The Bertz CT molecular complexity index is 1230. The van der Waals surface area contributed by atoms with Gasteiger partial charge in [0, 0.05) is 27.4 Å². The van der Waals surface area contributed by atoms with Crippen LogP contribution in [0.3, 0.4) is 0 Å². The topological polar surface area (TPSA) is 99.8 Å². The minimum Gasteiger partial charge on any atom is -0.341 e. The van der Waals surface area contributed by atoms with E-state index in [1.165, 1.54) is 24.3 Å². The van der Waals surface area contributed by atoms with E-state index in [2.05, 4.69) is 20.8 Å². The lowest BCUT2D eigenvalue weighted by atomic mass is 9.96. The fourth-order valence-corrected chi connectivity index (χ4v) is 3.70. The lowest BCUT2D eigenvalue weighted by Gasteiger charge is -2.18. The third-order valence-electron chi connectivity index (χ3n) is 5.12. The number of aromatic amines is 1. The monoisotopic (exact) mass is 467 g/mol. The summed E-state index contributed by atoms with van der Waals surface area (Å²) in [5.41, 5.74) is -0.214. The van der Waals surface area contributed by atoms with E-state index in [9.17, 15) is 27.2 Å². The fourth-order valence-electron chi connectivity index (χ4n) is 3.48. The molecule has 1 aromatic heterocycles. The highest BCUT2D eigenvalue weighted by atomic mass is 35.5. The molecule has 4 rings (SSSR count). The van der Waals surface area contributed by atoms with Crippen molar-refractivity contribution in [2.24, 2.45) is 0 Å². The van der Waals surface area contributed by atoms with Crippen LogP contribution in [0.25, 0.3) is 0 Å². The first kappa shape index (κ1) is 21.8. The molecule has 1 aliphatic rings. The predicted molar refractivity (Wildman–Crippen MR) is 106 cm³/mol. The first-order valence-electron chi connectivity index (χ1n) is 9.25. The Morgan fingerprint density at radius 1 is 1.22 bits per heavy atom. The number of nitrogens with one attached hydrogen (secondary N) is 3. The van der Waals surface area contributed by atoms with Gasteiger partial charge in [-0.15, -0.1) is 0 Å². The zero-order valence-electron chi connectivity index (χ0n) is 16.2. The number of benzene rings is 2. The largest absolute Gasteiger partial charge is 0.397 e. The summed E-state index contributed by atoms with van der Waals surface area (Å²) < 4.78 is 53.2. The van der Waals surface area contributed by atoms with Crippen LogP contribution >= 0.6 is 11.6 Å². The van der Waals surface area contributed by atoms with E-state index in [1.54, 1.807) is 0 Å². The highest BCUT2D eigenvalue weighted by Crippen LogP contribution is 2.39. The number of alkyl halides is 3. The van der Waals surface area contributed by atoms with Gasteiger partial charge in [0.1, 0.15) is 11.5 Å². The van der Waals surface area contributed by atoms with Crippen molar-refractivity contribution < 1.29 is 27.2 Å². The van der Waals surface area contributed by atoms with Crippen molar-refractivity contribution in [3.05, 3.63) is 75.3 Å². The summed E-state index contributed by atoms with van der Waals surface area (Å²) in [5.74, 6) is -4.05. The van der Waals surface area contributed by atoms with Gasteiger partial charge in [-0.05, 0) is 37.3 Å². The van der Waals surface area contributed by atoms with E-state index in [4.69, 9.17) is 11.6 Å². The van der Waals surface area contributed by atoms with Gasteiger partial charge in [0.15, 0.2) is 5.69 Å². The Balaban J connectivity index is 1.73. The molecule has 166 valence electrons. The maximum Gasteiger partial charge on any atom is 0.397 e. The Morgan fingerprint density at radius 3 is 2.69 bits per heavy atom. The molecule has 2 amide bonds. The van der Waals surface area contributed by atoms with Crippen molar-refractivity contribution in [2.75, 3.05) is 5.32 Å². The van der Waals surface area contributed by atoms with Crippen LogP contribution in [0.1, 0.15) is 56.6 Å². The summed E-state index contributed by atoms with van der Waals surface area (Å²) in [6.07, 6.45) is -4.63. The molecule has 12 heteroatoms. The lowest BCUT2D eigenvalue weighted by molar-refractivity contribution is -0.147. The number of fused-ring (bicyclic) bond motifs is 1. The van der Waals surface area contributed by atoms with Crippen LogP contribution in [0, 0.1) is 5.82 Å². The number of nitrogens with zero attached hydrogens (tertiary/aromatic N) is 2. The fraction of sp³-hybridized carbons (Fsp3) is 0.200. The highest BCUT2D eigenvalue weighted by molar-refractivity contribution is 6.31. The SMILES string of the molecule is C[C@H](c1n[nH]nc1C(=O)Nc1cccc2c1[C@@H](c1cc(F)ccc1Cl)NC2=O)C(F)(F)F. The van der Waals surface area contributed by atoms with Crippen LogP contribution in [0.5, 0.6) is 0 Å². The number of amides is 2. The molecule has 0 aliphatic carbocycles. The maximum atomic E-state index is 13.8. The van der Waals surface area contributed by atoms with Gasteiger partial charge in [0.25, 0.3) is 11.8 Å². The average molecular weight is 468 g/mol. The molecule has 2 atom stereocenters. The molecule has 0 unspecified atom stereocenters. The van der Waals surface area contributed by atoms with Gasteiger partial charge >= 0.3 is 6.18 Å². The van der Waals surface area contributed by atoms with Crippen LogP contribution < -0.4 is 10.6 Å². The van der Waals surface area contributed by atoms with Crippen molar-refractivity contribution in [1.29, 1.82) is 0 Å². The zero-order chi connectivity index (χ0) is 23.2. The van der Waals surface area contributed by atoms with Gasteiger partial charge in [0.05, 0.1) is 12.0 Å². The normalized spacial score (nSPS) is 16.4. The summed E-state index contributed by atoms with van der Waals surface area (Å²) >= 11 is 6.19. The zero-order valence-corrected chi connectivity index (χ0v) is 17.0. The van der Waals surface area contributed by atoms with Gasteiger partial charge in [-0.2, -0.15) is 28.6 Å². The van der Waals surface area contributed by atoms with Crippen LogP contribution in [0.4, 0.5) is 23.2 Å². The quantitative estimate of drug-likeness (QED) is 0.497. The van der Waals surface area contributed by atoms with Crippen LogP contribution in [0.2, 0.25) is 5.02 Å². The Kier molecular flexibility index (Phi) is 5.37. The van der Waals surface area contributed by atoms with Gasteiger partial charge < -0.3 is 10.6 Å². The van der Waals surface area contributed by atoms with Crippen LogP contribution in [0.15, 0.2) is 36.4 Å². The first-order chi connectivity index (χ1) is 15.1. The summed E-state index contributed by atoms with van der Waals surface area (Å²) in [6, 6.07) is 7.21. The third-order valence-corrected chi connectivity index (χ3v) is 5.47. The number of hydrogen-bond donors (Lipinski definition) is 3. The molecule has 3 aromatic rings. The van der Waals surface area contributed by atoms with E-state index < -0.39 is 47.2 Å². The molecular formula is C20H14ClF4N5O2. The number of anilines is 1. The molecule has 2 heterocycles. The van der Waals surface area contributed by atoms with Gasteiger partial charge in [0.2, 0.25) is 0 Å². The number of rotatable bonds is 4. The third kappa shape index (κ3) is 3.79. The molecule has 0 bridgehead atoms. The smallest absolute Gasteiger partial charge is 0.341 e. The van der Waals surface area contributed by atoms with Crippen molar-refractivity contribution in [2.45, 2.75) is 25.1 Å². The number of hydrogen-bond acceptors (Lipinski definition) is 4. The van der Waals surface area contributed by atoms with Gasteiger partial charge in [-0.1, -0.05) is 17.7 Å². The van der Waals surface area contributed by atoms with Crippen molar-refractivity contribution in [1.82, 2.24) is 20.7 Å². The van der Waals surface area contributed by atoms with Gasteiger partial charge in [-0.3, -0.25) is 9.59 Å². The summed E-state index contributed by atoms with van der Waals surface area (Å²) in [5, 5.41) is 14.4. The molecule has 0 saturated carbocycles. The number of carbonyl (C=O) groups is 2. The van der Waals surface area contributed by atoms with Crippen molar-refractivity contribution in [3.63, 3.8) is 0 Å². The minimum absolute atomic E-state index is 0.129. The van der Waals surface area contributed by atoms with E-state index in [0.717, 1.165) is 19.1 Å². The molecule has 32 heavy (non-hydrogen) atoms. The first-order valence-corrected chi connectivity index (χ1v) is 9.63. The van der Waals surface area contributed by atoms with E-state index in [0.29, 0.717) is 5.56 Å². The Hall–Kier alpha value is -3.47. The second-order valence-electron chi connectivity index (χ2n) is 7.11. The molecule has 0 fully saturated rings. The second-order valence-corrected chi connectivity index (χ2v) is 7.52. The van der Waals surface area contributed by atoms with E-state index in [-0.39, 0.29) is 21.8 Å². The Labute approximate surface area is 183 Å². The molecule has 7 nitrogen and oxygen atoms in total. The minimum atomic E-state index is -4.63. The number of H-pyrrole nitrogens is 1. The molecule has 0 spiro atoms. The summed E-state index contributed by atoms with van der Waals surface area (Å²) in [6.45, 7) is 0.861.